The molecule has 0 spiro atoms. The van der Waals surface area contributed by atoms with Gasteiger partial charge < -0.3 is 24.6 Å². The van der Waals surface area contributed by atoms with Crippen molar-refractivity contribution in [2.45, 2.75) is 25.0 Å². The van der Waals surface area contributed by atoms with E-state index in [-0.39, 0.29) is 23.9 Å². The minimum Gasteiger partial charge on any atom is -0.486 e. The Bertz CT molecular complexity index is 596. The van der Waals surface area contributed by atoms with E-state index < -0.39 is 18.2 Å². The number of carboxylic acid groups (broad SMARTS) is 1. The summed E-state index contributed by atoms with van der Waals surface area (Å²) in [5, 5.41) is 19.1. The van der Waals surface area contributed by atoms with Gasteiger partial charge in [-0.3, -0.25) is 4.79 Å². The summed E-state index contributed by atoms with van der Waals surface area (Å²) in [4.78, 5) is 25.0. The van der Waals surface area contributed by atoms with E-state index in [0.717, 1.165) is 0 Å². The number of rotatable bonds is 4. The number of hydrogen-bond donors (Lipinski definition) is 2. The highest BCUT2D eigenvalue weighted by Gasteiger charge is 2.38. The lowest BCUT2D eigenvalue weighted by molar-refractivity contribution is -0.137. The summed E-state index contributed by atoms with van der Waals surface area (Å²) >= 11 is 0. The van der Waals surface area contributed by atoms with Crippen LogP contribution >= 0.6 is 0 Å². The molecule has 0 radical (unpaired) electrons. The van der Waals surface area contributed by atoms with Crippen LogP contribution in [0.2, 0.25) is 0 Å². The summed E-state index contributed by atoms with van der Waals surface area (Å²) in [6.07, 6.45) is 0.165. The number of aromatic carboxylic acids is 1. The van der Waals surface area contributed by atoms with Gasteiger partial charge in [0.25, 0.3) is 0 Å². The summed E-state index contributed by atoms with van der Waals surface area (Å²) in [5.41, 5.74) is 0.172. The second-order valence-electron chi connectivity index (χ2n) is 6.18. The van der Waals surface area contributed by atoms with Crippen molar-refractivity contribution in [2.75, 3.05) is 26.3 Å². The molecule has 1 amide bonds. The fraction of sp³-hybridized carbons (Fsp3) is 0.529. The Kier molecular flexibility index (Phi) is 5.01. The highest BCUT2D eigenvalue weighted by molar-refractivity contribution is 5.87. The van der Waals surface area contributed by atoms with Crippen LogP contribution in [0, 0.1) is 5.92 Å². The molecule has 0 aromatic heterocycles. The molecular formula is C17H21NO6. The quantitative estimate of drug-likeness (QED) is 0.843. The normalized spacial score (nSPS) is 24.8. The van der Waals surface area contributed by atoms with E-state index in [0.29, 0.717) is 38.3 Å². The number of carboxylic acids is 1. The zero-order chi connectivity index (χ0) is 17.1. The fourth-order valence-corrected chi connectivity index (χ4v) is 3.11. The van der Waals surface area contributed by atoms with E-state index in [4.69, 9.17) is 14.6 Å². The number of ether oxygens (including phenoxy) is 2. The van der Waals surface area contributed by atoms with Crippen LogP contribution < -0.4 is 4.74 Å². The molecule has 3 rings (SSSR count). The van der Waals surface area contributed by atoms with Crippen LogP contribution in [0.25, 0.3) is 0 Å². The van der Waals surface area contributed by atoms with Gasteiger partial charge in [0, 0.05) is 19.1 Å². The molecule has 0 aliphatic carbocycles. The second-order valence-corrected chi connectivity index (χ2v) is 6.18. The molecule has 24 heavy (non-hydrogen) atoms. The number of aliphatic hydroxyl groups is 1. The summed E-state index contributed by atoms with van der Waals surface area (Å²) in [6, 6.07) is 6.01. The van der Waals surface area contributed by atoms with Gasteiger partial charge in [0.15, 0.2) is 0 Å². The molecule has 0 saturated carbocycles. The van der Waals surface area contributed by atoms with Crippen molar-refractivity contribution in [3.05, 3.63) is 29.8 Å². The van der Waals surface area contributed by atoms with Crippen molar-refractivity contribution in [2.24, 2.45) is 5.92 Å². The molecule has 0 unspecified atom stereocenters. The highest BCUT2D eigenvalue weighted by Crippen LogP contribution is 2.24. The average Bonchev–Trinajstić information content (AvgIpc) is 2.96. The third kappa shape index (κ3) is 3.68. The molecule has 1 aromatic rings. The third-order valence-corrected chi connectivity index (χ3v) is 4.51. The van der Waals surface area contributed by atoms with E-state index in [1.807, 2.05) is 0 Å². The van der Waals surface area contributed by atoms with Crippen LogP contribution in [-0.2, 0) is 9.53 Å². The first-order valence-corrected chi connectivity index (χ1v) is 8.09. The van der Waals surface area contributed by atoms with Gasteiger partial charge in [-0.15, -0.1) is 0 Å². The molecule has 2 aliphatic rings. The number of carbonyl (C=O) groups excluding carboxylic acids is 1. The number of aliphatic hydroxyl groups excluding tert-OH is 1. The van der Waals surface area contributed by atoms with E-state index in [9.17, 15) is 14.7 Å². The Morgan fingerprint density at radius 2 is 1.79 bits per heavy atom. The van der Waals surface area contributed by atoms with Crippen LogP contribution in [0.3, 0.4) is 0 Å². The van der Waals surface area contributed by atoms with Crippen LogP contribution in [0.15, 0.2) is 24.3 Å². The molecule has 1 aromatic carbocycles. The second kappa shape index (κ2) is 7.19. The number of nitrogens with zero attached hydrogens (tertiary/aromatic N) is 1. The monoisotopic (exact) mass is 335 g/mol. The number of likely N-dealkylation sites (tertiary alicyclic amines) is 1. The molecule has 7 nitrogen and oxygen atoms in total. The molecule has 2 fully saturated rings. The lowest BCUT2D eigenvalue weighted by Gasteiger charge is -2.26. The summed E-state index contributed by atoms with van der Waals surface area (Å²) < 4.78 is 11.0. The zero-order valence-corrected chi connectivity index (χ0v) is 13.3. The number of β-amino-alcohol motifs (C(OH)–C–C–N with tert-alkyl or cyclic N) is 1. The largest absolute Gasteiger partial charge is 0.486 e. The minimum atomic E-state index is -1.00. The zero-order valence-electron chi connectivity index (χ0n) is 13.3. The molecule has 7 heteroatoms. The van der Waals surface area contributed by atoms with Crippen LogP contribution in [0.1, 0.15) is 23.2 Å². The predicted octanol–water partition coefficient (Wildman–Crippen LogP) is 0.762. The number of hydrogen-bond acceptors (Lipinski definition) is 5. The number of amides is 1. The van der Waals surface area contributed by atoms with Gasteiger partial charge in [-0.05, 0) is 37.1 Å². The minimum absolute atomic E-state index is 0.0421. The Hall–Kier alpha value is -2.12. The van der Waals surface area contributed by atoms with E-state index in [2.05, 4.69) is 0 Å². The highest BCUT2D eigenvalue weighted by atomic mass is 16.5. The standard InChI is InChI=1S/C17H21NO6/c19-14-9-18(16(20)11-5-7-23-8-6-11)10-15(14)24-13-3-1-12(2-4-13)17(21)22/h1-4,11,14-15,19H,5-10H2,(H,21,22)/t14-,15-/m1/s1. The van der Waals surface area contributed by atoms with Gasteiger partial charge in [0.05, 0.1) is 18.7 Å². The van der Waals surface area contributed by atoms with Gasteiger partial charge in [-0.2, -0.15) is 0 Å². The SMILES string of the molecule is O=C(O)c1ccc(O[C@@H]2CN(C(=O)C3CCOCC3)C[C@H]2O)cc1. The van der Waals surface area contributed by atoms with Gasteiger partial charge in [-0.1, -0.05) is 0 Å². The van der Waals surface area contributed by atoms with Crippen molar-refractivity contribution >= 4 is 11.9 Å². The Morgan fingerprint density at radius 1 is 1.12 bits per heavy atom. The maximum atomic E-state index is 12.5. The molecule has 2 heterocycles. The Balaban J connectivity index is 1.59. The van der Waals surface area contributed by atoms with Crippen molar-refractivity contribution in [3.8, 4) is 5.75 Å². The fourth-order valence-electron chi connectivity index (χ4n) is 3.11. The van der Waals surface area contributed by atoms with Crippen molar-refractivity contribution in [1.82, 2.24) is 4.90 Å². The topological polar surface area (TPSA) is 96.3 Å². The molecule has 2 aliphatic heterocycles. The molecular weight excluding hydrogens is 314 g/mol. The van der Waals surface area contributed by atoms with Gasteiger partial charge in [0.1, 0.15) is 18.0 Å². The van der Waals surface area contributed by atoms with E-state index in [1.165, 1.54) is 12.1 Å². The molecule has 2 saturated heterocycles. The Morgan fingerprint density at radius 3 is 2.42 bits per heavy atom. The summed E-state index contributed by atoms with van der Waals surface area (Å²) in [6.45, 7) is 1.79. The third-order valence-electron chi connectivity index (χ3n) is 4.51. The maximum absolute atomic E-state index is 12.5. The average molecular weight is 335 g/mol. The smallest absolute Gasteiger partial charge is 0.335 e. The van der Waals surface area contributed by atoms with Crippen molar-refractivity contribution in [3.63, 3.8) is 0 Å². The molecule has 0 bridgehead atoms. The van der Waals surface area contributed by atoms with Crippen LogP contribution in [0.5, 0.6) is 5.75 Å². The lowest BCUT2D eigenvalue weighted by atomic mass is 9.99. The van der Waals surface area contributed by atoms with Gasteiger partial charge >= 0.3 is 5.97 Å². The first-order valence-electron chi connectivity index (χ1n) is 8.09. The number of carbonyl (C=O) groups is 2. The lowest BCUT2D eigenvalue weighted by Crippen LogP contribution is -2.38. The van der Waals surface area contributed by atoms with E-state index >= 15 is 0 Å². The first kappa shape index (κ1) is 16.7. The van der Waals surface area contributed by atoms with Crippen LogP contribution in [-0.4, -0.2) is 65.5 Å². The first-order chi connectivity index (χ1) is 11.5. The maximum Gasteiger partial charge on any atom is 0.335 e. The van der Waals surface area contributed by atoms with Crippen LogP contribution in [0.4, 0.5) is 0 Å². The van der Waals surface area contributed by atoms with Gasteiger partial charge in [0.2, 0.25) is 5.91 Å². The summed E-state index contributed by atoms with van der Waals surface area (Å²) in [5.74, 6) is -0.524. The van der Waals surface area contributed by atoms with Gasteiger partial charge in [-0.25, -0.2) is 4.79 Å². The number of benzene rings is 1. The predicted molar refractivity (Wildman–Crippen MR) is 83.9 cm³/mol. The Labute approximate surface area is 139 Å². The molecule has 2 N–H and O–H groups in total. The van der Waals surface area contributed by atoms with Crippen molar-refractivity contribution in [1.29, 1.82) is 0 Å². The molecule has 130 valence electrons. The molecule has 2 atom stereocenters. The summed E-state index contributed by atoms with van der Waals surface area (Å²) in [7, 11) is 0. The van der Waals surface area contributed by atoms with Crippen molar-refractivity contribution < 1.29 is 29.3 Å². The van der Waals surface area contributed by atoms with E-state index in [1.54, 1.807) is 17.0 Å².